The van der Waals surface area contributed by atoms with Crippen molar-refractivity contribution in [1.82, 2.24) is 9.55 Å². The maximum absolute atomic E-state index is 10.8. The van der Waals surface area contributed by atoms with Gasteiger partial charge in [0.25, 0.3) is 0 Å². The number of aliphatic hydroxyl groups excluding tert-OH is 2. The molecule has 0 amide bonds. The van der Waals surface area contributed by atoms with Gasteiger partial charge in [0, 0.05) is 6.20 Å². The Balaban J connectivity index is 3.10. The molecule has 2 N–H and O–H groups in total. The third-order valence-electron chi connectivity index (χ3n) is 1.25. The summed E-state index contributed by atoms with van der Waals surface area (Å²) in [6.45, 7) is -0.654. The van der Waals surface area contributed by atoms with Crippen LogP contribution in [0.2, 0.25) is 0 Å². The first-order valence-electron chi connectivity index (χ1n) is 3.06. The molecule has 0 aliphatic heterocycles. The molecule has 0 atom stereocenters. The van der Waals surface area contributed by atoms with Gasteiger partial charge in [0.15, 0.2) is 0 Å². The molecule has 60 valence electrons. The standard InChI is InChI=1S/C6H8N2O3/c9-3-5-1-2-8(4-10)6(11)7-5/h1-2,9-10H,3-4H2. The predicted molar refractivity (Wildman–Crippen MR) is 36.6 cm³/mol. The molecule has 1 aromatic heterocycles. The van der Waals surface area contributed by atoms with Crippen molar-refractivity contribution in [2.75, 3.05) is 0 Å². The van der Waals surface area contributed by atoms with E-state index in [4.69, 9.17) is 10.2 Å². The second-order valence-corrected chi connectivity index (χ2v) is 1.97. The third-order valence-corrected chi connectivity index (χ3v) is 1.25. The van der Waals surface area contributed by atoms with Gasteiger partial charge in [-0.3, -0.25) is 4.57 Å². The third kappa shape index (κ3) is 1.63. The number of rotatable bonds is 2. The van der Waals surface area contributed by atoms with Crippen molar-refractivity contribution in [2.45, 2.75) is 13.3 Å². The molecular weight excluding hydrogens is 148 g/mol. The largest absolute Gasteiger partial charge is 0.390 e. The van der Waals surface area contributed by atoms with E-state index in [-0.39, 0.29) is 6.61 Å². The van der Waals surface area contributed by atoms with E-state index in [1.807, 2.05) is 0 Å². The van der Waals surface area contributed by atoms with Crippen LogP contribution < -0.4 is 5.69 Å². The van der Waals surface area contributed by atoms with Crippen molar-refractivity contribution in [3.8, 4) is 0 Å². The minimum atomic E-state index is -0.556. The van der Waals surface area contributed by atoms with Gasteiger partial charge in [0.1, 0.15) is 6.73 Å². The number of hydrogen-bond donors (Lipinski definition) is 2. The fourth-order valence-corrected chi connectivity index (χ4v) is 0.660. The van der Waals surface area contributed by atoms with Crippen molar-refractivity contribution in [3.63, 3.8) is 0 Å². The van der Waals surface area contributed by atoms with Gasteiger partial charge in [0.05, 0.1) is 12.3 Å². The average Bonchev–Trinajstić information content (AvgIpc) is 2.04. The number of aromatic nitrogens is 2. The zero-order chi connectivity index (χ0) is 8.27. The van der Waals surface area contributed by atoms with Gasteiger partial charge in [0.2, 0.25) is 0 Å². The fourth-order valence-electron chi connectivity index (χ4n) is 0.660. The van der Waals surface area contributed by atoms with Crippen LogP contribution in [0.1, 0.15) is 5.69 Å². The Kier molecular flexibility index (Phi) is 2.35. The van der Waals surface area contributed by atoms with Gasteiger partial charge in [-0.25, -0.2) is 4.79 Å². The number of hydrogen-bond acceptors (Lipinski definition) is 4. The molecule has 1 heterocycles. The molecule has 0 unspecified atom stereocenters. The molecule has 5 heteroatoms. The average molecular weight is 156 g/mol. The Labute approximate surface area is 62.6 Å². The van der Waals surface area contributed by atoms with E-state index in [1.54, 1.807) is 0 Å². The Morgan fingerprint density at radius 2 is 2.27 bits per heavy atom. The van der Waals surface area contributed by atoms with Crippen LogP contribution in [0.5, 0.6) is 0 Å². The van der Waals surface area contributed by atoms with Crippen LogP contribution >= 0.6 is 0 Å². The minimum Gasteiger partial charge on any atom is -0.390 e. The molecule has 0 fully saturated rings. The molecule has 0 spiro atoms. The first-order chi connectivity index (χ1) is 5.27. The quantitative estimate of drug-likeness (QED) is 0.557. The van der Waals surface area contributed by atoms with Crippen LogP contribution in [0.25, 0.3) is 0 Å². The molecule has 0 aromatic carbocycles. The Morgan fingerprint density at radius 1 is 1.55 bits per heavy atom. The number of aliphatic hydroxyl groups is 2. The fraction of sp³-hybridized carbons (Fsp3) is 0.333. The lowest BCUT2D eigenvalue weighted by Crippen LogP contribution is -2.23. The molecule has 1 rings (SSSR count). The molecule has 5 nitrogen and oxygen atoms in total. The summed E-state index contributed by atoms with van der Waals surface area (Å²) in [5, 5.41) is 17.1. The van der Waals surface area contributed by atoms with E-state index < -0.39 is 12.4 Å². The monoisotopic (exact) mass is 156 g/mol. The molecule has 0 bridgehead atoms. The molecule has 0 saturated heterocycles. The lowest BCUT2D eigenvalue weighted by Gasteiger charge is -1.99. The van der Waals surface area contributed by atoms with Gasteiger partial charge in [-0.05, 0) is 6.07 Å². The van der Waals surface area contributed by atoms with E-state index in [2.05, 4.69) is 4.98 Å². The van der Waals surface area contributed by atoms with Crippen LogP contribution in [0.15, 0.2) is 17.1 Å². The summed E-state index contributed by atoms with van der Waals surface area (Å²) in [4.78, 5) is 14.3. The van der Waals surface area contributed by atoms with Crippen molar-refractivity contribution >= 4 is 0 Å². The van der Waals surface area contributed by atoms with Gasteiger partial charge < -0.3 is 10.2 Å². The predicted octanol–water partition coefficient (Wildman–Crippen LogP) is -1.31. The smallest absolute Gasteiger partial charge is 0.349 e. The topological polar surface area (TPSA) is 75.3 Å². The van der Waals surface area contributed by atoms with E-state index in [0.717, 1.165) is 4.57 Å². The summed E-state index contributed by atoms with van der Waals surface area (Å²) < 4.78 is 1.03. The number of nitrogens with zero attached hydrogens (tertiary/aromatic N) is 2. The van der Waals surface area contributed by atoms with Crippen molar-refractivity contribution in [1.29, 1.82) is 0 Å². The minimum absolute atomic E-state index is 0.262. The van der Waals surface area contributed by atoms with Gasteiger partial charge in [-0.1, -0.05) is 0 Å². The zero-order valence-corrected chi connectivity index (χ0v) is 5.77. The molecule has 0 saturated carbocycles. The van der Waals surface area contributed by atoms with Crippen molar-refractivity contribution in [2.24, 2.45) is 0 Å². The Morgan fingerprint density at radius 3 is 2.73 bits per heavy atom. The first kappa shape index (κ1) is 7.90. The highest BCUT2D eigenvalue weighted by Crippen LogP contribution is 1.87. The molecule has 11 heavy (non-hydrogen) atoms. The summed E-state index contributed by atoms with van der Waals surface area (Å²) in [7, 11) is 0. The van der Waals surface area contributed by atoms with E-state index in [1.165, 1.54) is 12.3 Å². The molecule has 0 aliphatic rings. The van der Waals surface area contributed by atoms with Crippen molar-refractivity contribution < 1.29 is 10.2 Å². The van der Waals surface area contributed by atoms with Gasteiger partial charge in [-0.15, -0.1) is 0 Å². The Hall–Kier alpha value is -1.20. The molecule has 1 aromatic rings. The maximum Gasteiger partial charge on any atom is 0.349 e. The highest BCUT2D eigenvalue weighted by atomic mass is 16.3. The summed E-state index contributed by atoms with van der Waals surface area (Å²) in [6, 6.07) is 1.47. The molecule has 0 aliphatic carbocycles. The second-order valence-electron chi connectivity index (χ2n) is 1.97. The second kappa shape index (κ2) is 3.27. The molecule has 0 radical (unpaired) electrons. The van der Waals surface area contributed by atoms with Crippen LogP contribution in [0, 0.1) is 0 Å². The lowest BCUT2D eigenvalue weighted by atomic mass is 10.4. The molecular formula is C6H8N2O3. The maximum atomic E-state index is 10.8. The highest BCUT2D eigenvalue weighted by molar-refractivity contribution is 4.96. The van der Waals surface area contributed by atoms with Gasteiger partial charge in [-0.2, -0.15) is 4.98 Å². The summed E-state index contributed by atoms with van der Waals surface area (Å²) in [6.07, 6.45) is 1.38. The first-order valence-corrected chi connectivity index (χ1v) is 3.06. The summed E-state index contributed by atoms with van der Waals surface area (Å²) in [5.41, 5.74) is -0.251. The zero-order valence-electron chi connectivity index (χ0n) is 5.77. The summed E-state index contributed by atoms with van der Waals surface area (Å²) in [5.74, 6) is 0. The SMILES string of the molecule is O=c1nc(CO)ccn1CO. The van der Waals surface area contributed by atoms with Crippen molar-refractivity contribution in [3.05, 3.63) is 28.4 Å². The van der Waals surface area contributed by atoms with E-state index in [9.17, 15) is 4.79 Å². The normalized spacial score (nSPS) is 10.0. The van der Waals surface area contributed by atoms with Gasteiger partial charge >= 0.3 is 5.69 Å². The van der Waals surface area contributed by atoms with E-state index >= 15 is 0 Å². The lowest BCUT2D eigenvalue weighted by molar-refractivity contribution is 0.202. The van der Waals surface area contributed by atoms with E-state index in [0.29, 0.717) is 5.69 Å². The summed E-state index contributed by atoms with van der Waals surface area (Å²) >= 11 is 0. The Bertz CT molecular complexity index is 294. The van der Waals surface area contributed by atoms with Crippen LogP contribution in [0.3, 0.4) is 0 Å². The van der Waals surface area contributed by atoms with Crippen LogP contribution in [0.4, 0.5) is 0 Å². The van der Waals surface area contributed by atoms with Crippen LogP contribution in [-0.2, 0) is 13.3 Å². The van der Waals surface area contributed by atoms with Crippen LogP contribution in [-0.4, -0.2) is 19.8 Å². The highest BCUT2D eigenvalue weighted by Gasteiger charge is 1.96.